The lowest BCUT2D eigenvalue weighted by Crippen LogP contribution is -1.98. The van der Waals surface area contributed by atoms with E-state index in [1.807, 2.05) is 34.0 Å². The van der Waals surface area contributed by atoms with Gasteiger partial charge < -0.3 is 0 Å². The molecule has 0 unspecified atom stereocenters. The van der Waals surface area contributed by atoms with Crippen LogP contribution in [0.1, 0.15) is 20.8 Å². The standard InChI is InChI=1S/C6H13N2/c1-5-8(4)7-6(2)3/h5H,1-4H3/q+1. The third kappa shape index (κ3) is 3.53. The van der Waals surface area contributed by atoms with E-state index in [4.69, 9.17) is 0 Å². The van der Waals surface area contributed by atoms with Crippen LogP contribution < -0.4 is 0 Å². The molecule has 0 radical (unpaired) electrons. The Morgan fingerprint density at radius 2 is 2.00 bits per heavy atom. The molecule has 8 heavy (non-hydrogen) atoms. The van der Waals surface area contributed by atoms with Crippen LogP contribution in [-0.4, -0.2) is 23.7 Å². The predicted octanol–water partition coefficient (Wildman–Crippen LogP) is 1.12. The van der Waals surface area contributed by atoms with Gasteiger partial charge >= 0.3 is 0 Å². The van der Waals surface area contributed by atoms with Crippen molar-refractivity contribution in [3.8, 4) is 0 Å². The summed E-state index contributed by atoms with van der Waals surface area (Å²) >= 11 is 0. The minimum Gasteiger partial charge on any atom is -0.0985 e. The van der Waals surface area contributed by atoms with Gasteiger partial charge in [0.2, 0.25) is 0 Å². The SMILES string of the molecule is CC=[N+](C)N=C(C)C. The summed E-state index contributed by atoms with van der Waals surface area (Å²) in [6, 6.07) is 0. The first-order valence-corrected chi connectivity index (χ1v) is 2.71. The fourth-order valence-electron chi connectivity index (χ4n) is 0.373. The molecule has 0 rings (SSSR count). The summed E-state index contributed by atoms with van der Waals surface area (Å²) in [6.45, 7) is 5.90. The molecule has 0 atom stereocenters. The smallest absolute Gasteiger partial charge is 0.0985 e. The van der Waals surface area contributed by atoms with Crippen LogP contribution in [0, 0.1) is 0 Å². The number of hydrazone groups is 1. The van der Waals surface area contributed by atoms with Crippen molar-refractivity contribution >= 4 is 11.9 Å². The normalized spacial score (nSPS) is 11.2. The molecule has 0 aliphatic rings. The van der Waals surface area contributed by atoms with E-state index in [1.165, 1.54) is 0 Å². The van der Waals surface area contributed by atoms with Crippen LogP contribution in [0.25, 0.3) is 0 Å². The van der Waals surface area contributed by atoms with Crippen LogP contribution in [0.3, 0.4) is 0 Å². The van der Waals surface area contributed by atoms with Gasteiger partial charge in [-0.1, -0.05) is 4.68 Å². The van der Waals surface area contributed by atoms with Crippen LogP contribution in [0.15, 0.2) is 5.10 Å². The molecule has 0 saturated carbocycles. The average molecular weight is 113 g/mol. The van der Waals surface area contributed by atoms with Crippen molar-refractivity contribution in [3.63, 3.8) is 0 Å². The molecular formula is C6H13N2+. The van der Waals surface area contributed by atoms with Gasteiger partial charge in [-0.15, -0.1) is 0 Å². The molecule has 0 spiro atoms. The van der Waals surface area contributed by atoms with Crippen LogP contribution in [0.4, 0.5) is 0 Å². The number of hydrogen-bond acceptors (Lipinski definition) is 1. The zero-order valence-corrected chi connectivity index (χ0v) is 5.97. The highest BCUT2D eigenvalue weighted by atomic mass is 15.3. The average Bonchev–Trinajstić information content (AvgIpc) is 1.65. The molecule has 0 heterocycles. The first-order valence-electron chi connectivity index (χ1n) is 2.71. The Morgan fingerprint density at radius 3 is 2.12 bits per heavy atom. The lowest BCUT2D eigenvalue weighted by molar-refractivity contribution is -0.498. The maximum atomic E-state index is 4.09. The molecule has 0 saturated heterocycles. The highest BCUT2D eigenvalue weighted by Crippen LogP contribution is 1.72. The Labute approximate surface area is 50.5 Å². The molecule has 0 N–H and O–H groups in total. The third-order valence-corrected chi connectivity index (χ3v) is 0.731. The number of rotatable bonds is 1. The quantitative estimate of drug-likeness (QED) is 0.275. The number of nitrogens with zero attached hydrogens (tertiary/aromatic N) is 2. The molecule has 2 heteroatoms. The molecule has 2 nitrogen and oxygen atoms in total. The Balaban J connectivity index is 3.89. The van der Waals surface area contributed by atoms with Crippen LogP contribution in [0.2, 0.25) is 0 Å². The maximum absolute atomic E-state index is 4.09. The molecule has 0 aromatic carbocycles. The van der Waals surface area contributed by atoms with Gasteiger partial charge in [-0.05, 0) is 18.9 Å². The van der Waals surface area contributed by atoms with Crippen molar-refractivity contribution in [3.05, 3.63) is 0 Å². The number of hydrogen-bond donors (Lipinski definition) is 0. The molecule has 0 aromatic heterocycles. The largest absolute Gasteiger partial charge is 0.169 e. The van der Waals surface area contributed by atoms with Crippen molar-refractivity contribution in [1.82, 2.24) is 0 Å². The second kappa shape index (κ2) is 3.36. The van der Waals surface area contributed by atoms with Gasteiger partial charge in [0, 0.05) is 6.92 Å². The second-order valence-electron chi connectivity index (χ2n) is 1.88. The highest BCUT2D eigenvalue weighted by molar-refractivity contribution is 5.78. The summed E-state index contributed by atoms with van der Waals surface area (Å²) in [5.74, 6) is 0. The van der Waals surface area contributed by atoms with Crippen LogP contribution in [0.5, 0.6) is 0 Å². The van der Waals surface area contributed by atoms with Crippen molar-refractivity contribution in [2.75, 3.05) is 7.05 Å². The zero-order chi connectivity index (χ0) is 6.57. The fraction of sp³-hybridized carbons (Fsp3) is 0.667. The summed E-state index contributed by atoms with van der Waals surface area (Å²) in [4.78, 5) is 0. The fourth-order valence-corrected chi connectivity index (χ4v) is 0.373. The minimum atomic E-state index is 1.07. The first kappa shape index (κ1) is 7.34. The van der Waals surface area contributed by atoms with E-state index in [2.05, 4.69) is 5.10 Å². The zero-order valence-electron chi connectivity index (χ0n) is 5.97. The van der Waals surface area contributed by atoms with Gasteiger partial charge in [0.05, 0.1) is 5.71 Å². The van der Waals surface area contributed by atoms with Crippen molar-refractivity contribution < 1.29 is 4.68 Å². The van der Waals surface area contributed by atoms with Gasteiger partial charge in [-0.25, -0.2) is 0 Å². The Bertz CT molecular complexity index is 118. The van der Waals surface area contributed by atoms with Gasteiger partial charge in [0.15, 0.2) is 13.3 Å². The lowest BCUT2D eigenvalue weighted by Gasteiger charge is -1.81. The van der Waals surface area contributed by atoms with Crippen molar-refractivity contribution in [2.24, 2.45) is 5.10 Å². The van der Waals surface area contributed by atoms with E-state index in [9.17, 15) is 0 Å². The van der Waals surface area contributed by atoms with Crippen molar-refractivity contribution in [1.29, 1.82) is 0 Å². The Hall–Kier alpha value is -0.660. The van der Waals surface area contributed by atoms with E-state index in [1.54, 1.807) is 4.68 Å². The highest BCUT2D eigenvalue weighted by Gasteiger charge is 1.84. The molecule has 0 aliphatic heterocycles. The van der Waals surface area contributed by atoms with E-state index in [0.717, 1.165) is 5.71 Å². The summed E-state index contributed by atoms with van der Waals surface area (Å²) < 4.78 is 1.79. The molecule has 0 bridgehead atoms. The summed E-state index contributed by atoms with van der Waals surface area (Å²) in [5, 5.41) is 4.09. The monoisotopic (exact) mass is 113 g/mol. The first-order chi connectivity index (χ1) is 3.66. The van der Waals surface area contributed by atoms with E-state index < -0.39 is 0 Å². The summed E-state index contributed by atoms with van der Waals surface area (Å²) in [6.07, 6.45) is 1.91. The van der Waals surface area contributed by atoms with Crippen molar-refractivity contribution in [2.45, 2.75) is 20.8 Å². The lowest BCUT2D eigenvalue weighted by atomic mass is 10.5. The molecular weight excluding hydrogens is 100 g/mol. The molecule has 0 amide bonds. The van der Waals surface area contributed by atoms with Gasteiger partial charge in [0.25, 0.3) is 0 Å². The minimum absolute atomic E-state index is 1.07. The Kier molecular flexibility index (Phi) is 3.08. The second-order valence-corrected chi connectivity index (χ2v) is 1.88. The molecule has 0 fully saturated rings. The van der Waals surface area contributed by atoms with Gasteiger partial charge in [-0.3, -0.25) is 0 Å². The summed E-state index contributed by atoms with van der Waals surface area (Å²) in [5.41, 5.74) is 1.07. The molecule has 0 aliphatic carbocycles. The predicted molar refractivity (Wildman–Crippen MR) is 36.7 cm³/mol. The topological polar surface area (TPSA) is 15.4 Å². The third-order valence-electron chi connectivity index (χ3n) is 0.731. The Morgan fingerprint density at radius 1 is 1.50 bits per heavy atom. The van der Waals surface area contributed by atoms with Crippen LogP contribution in [-0.2, 0) is 0 Å². The maximum Gasteiger partial charge on any atom is 0.169 e. The van der Waals surface area contributed by atoms with E-state index >= 15 is 0 Å². The molecule has 0 aromatic rings. The van der Waals surface area contributed by atoms with Gasteiger partial charge in [0.1, 0.15) is 0 Å². The summed E-state index contributed by atoms with van der Waals surface area (Å²) in [7, 11) is 1.91. The van der Waals surface area contributed by atoms with Gasteiger partial charge in [-0.2, -0.15) is 0 Å². The van der Waals surface area contributed by atoms with E-state index in [-0.39, 0.29) is 0 Å². The van der Waals surface area contributed by atoms with E-state index in [0.29, 0.717) is 0 Å². The molecule has 46 valence electrons. The van der Waals surface area contributed by atoms with Crippen LogP contribution >= 0.6 is 0 Å².